The molecule has 0 amide bonds. The van der Waals surface area contributed by atoms with Gasteiger partial charge >= 0.3 is 57.4 Å². The van der Waals surface area contributed by atoms with Crippen molar-refractivity contribution in [1.29, 1.82) is 0 Å². The van der Waals surface area contributed by atoms with Gasteiger partial charge in [0.1, 0.15) is 0 Å². The van der Waals surface area contributed by atoms with Gasteiger partial charge in [-0.25, -0.2) is 0 Å². The molecule has 0 aromatic rings. The zero-order valence-electron chi connectivity index (χ0n) is 13.9. The van der Waals surface area contributed by atoms with E-state index >= 15 is 0 Å². The minimum atomic E-state index is -0.556. The summed E-state index contributed by atoms with van der Waals surface area (Å²) in [5.74, 6) is 2.83. The molecule has 0 saturated carbocycles. The smallest absolute Gasteiger partial charge is 0 e. The Bertz CT molecular complexity index is 57.5. The summed E-state index contributed by atoms with van der Waals surface area (Å²) in [6.07, 6.45) is 0. The van der Waals surface area contributed by atoms with Gasteiger partial charge in [0.15, 0.2) is 0 Å². The third-order valence-corrected chi connectivity index (χ3v) is 0. The molecule has 0 aliphatic heterocycles. The van der Waals surface area contributed by atoms with Crippen LogP contribution in [0.1, 0.15) is 41.5 Å². The van der Waals surface area contributed by atoms with Crippen molar-refractivity contribution in [2.45, 2.75) is 41.5 Å². The molecule has 0 aromatic carbocycles. The van der Waals surface area contributed by atoms with E-state index < -0.39 is 17.0 Å². The summed E-state index contributed by atoms with van der Waals surface area (Å²) in [6, 6.07) is 0. The molecule has 116 valence electrons. The largest absolute Gasteiger partial charge is 2.00 e. The molecule has 10 heteroatoms. The average Bonchev–Trinajstić information content (AvgIpc) is 2.09. The van der Waals surface area contributed by atoms with Crippen LogP contribution in [0.25, 0.3) is 0 Å². The van der Waals surface area contributed by atoms with Crippen molar-refractivity contribution in [2.24, 2.45) is 0 Å². The summed E-state index contributed by atoms with van der Waals surface area (Å²) in [5, 5.41) is 0. The summed E-state index contributed by atoms with van der Waals surface area (Å²) in [5.41, 5.74) is 0. The van der Waals surface area contributed by atoms with Crippen molar-refractivity contribution < 1.29 is 126 Å². The van der Waals surface area contributed by atoms with Crippen LogP contribution in [0.2, 0.25) is 0 Å². The van der Waals surface area contributed by atoms with Crippen LogP contribution in [0.4, 0.5) is 0 Å². The van der Waals surface area contributed by atoms with Crippen LogP contribution in [0.15, 0.2) is 0 Å². The van der Waals surface area contributed by atoms with E-state index in [1.165, 1.54) is 11.8 Å². The second-order valence-corrected chi connectivity index (χ2v) is 5.65. The van der Waals surface area contributed by atoms with E-state index in [-0.39, 0.29) is 109 Å². The molecule has 0 spiro atoms. The van der Waals surface area contributed by atoms with Gasteiger partial charge in [-0.15, -0.1) is 18.5 Å². The molecule has 0 bridgehead atoms. The van der Waals surface area contributed by atoms with Crippen molar-refractivity contribution in [2.75, 3.05) is 13.3 Å². The van der Waals surface area contributed by atoms with Gasteiger partial charge in [0.2, 0.25) is 0 Å². The van der Waals surface area contributed by atoms with Gasteiger partial charge < -0.3 is 11.8 Å². The Labute approximate surface area is 225 Å². The number of hydrogen-bond acceptors (Lipinski definition) is 0. The normalized spacial score (nSPS) is 4.90. The first kappa shape index (κ1) is 63.6. The quantitative estimate of drug-likeness (QED) is 0.203. The van der Waals surface area contributed by atoms with Crippen molar-refractivity contribution in [3.05, 3.63) is 11.8 Å². The third kappa shape index (κ3) is 374. The Hall–Kier alpha value is 5.73. The Morgan fingerprint density at radius 2 is 0.600 bits per heavy atom. The van der Waals surface area contributed by atoms with Gasteiger partial charge in [0, 0.05) is 86.9 Å². The molecule has 0 aromatic heterocycles. The van der Waals surface area contributed by atoms with Gasteiger partial charge in [0.05, 0.1) is 0 Å². The van der Waals surface area contributed by atoms with E-state index in [4.69, 9.17) is 18.6 Å². The second kappa shape index (κ2) is 85.9. The summed E-state index contributed by atoms with van der Waals surface area (Å²) in [4.78, 5) is 0. The Balaban J connectivity index is -0.00000000755. The van der Waals surface area contributed by atoms with Crippen LogP contribution in [-0.4, -0.2) is 13.3 Å². The van der Waals surface area contributed by atoms with Crippen LogP contribution < -0.4 is 0 Å². The fourth-order valence-electron chi connectivity index (χ4n) is 0. The minimum absolute atomic E-state index is 0. The van der Waals surface area contributed by atoms with Crippen molar-refractivity contribution in [3.8, 4) is 0 Å². The summed E-state index contributed by atoms with van der Waals surface area (Å²) in [6.45, 7) is 16.3. The molecule has 2 atom stereocenters. The molecule has 0 nitrogen and oxygen atoms in total. The van der Waals surface area contributed by atoms with Gasteiger partial charge in [-0.2, -0.15) is 41.5 Å². The maximum absolute atomic E-state index is 4.89. The molecule has 20 heavy (non-hydrogen) atoms. The van der Waals surface area contributed by atoms with Crippen LogP contribution in [0.3, 0.4) is 0 Å². The molecule has 0 aliphatic carbocycles. The first-order valence-electron chi connectivity index (χ1n) is 4.53. The monoisotopic (exact) mass is 568 g/mol. The van der Waals surface area contributed by atoms with Gasteiger partial charge in [0.25, 0.3) is 0 Å². The van der Waals surface area contributed by atoms with Gasteiger partial charge in [-0.1, -0.05) is 13.3 Å². The van der Waals surface area contributed by atoms with Crippen LogP contribution >= 0.6 is 37.1 Å². The summed E-state index contributed by atoms with van der Waals surface area (Å²) in [7, 11) is 14.6. The van der Waals surface area contributed by atoms with E-state index in [0.29, 0.717) is 0 Å². The SMILES string of the molecule is CP.CP.C[C-](C)C.C[C-](C)C.[Cl][Ti][Cl].[Ti+2].[Ti].[Ti].[Ti].[Ti]. The minimum Gasteiger partial charge on any atom is 0 e. The Kier molecular flexibility index (Phi) is 273. The van der Waals surface area contributed by atoms with Gasteiger partial charge in [-0.3, -0.25) is 0 Å². The zero-order valence-corrected chi connectivity index (χ0v) is 27.1. The van der Waals surface area contributed by atoms with E-state index in [0.717, 1.165) is 0 Å². The van der Waals surface area contributed by atoms with E-state index in [9.17, 15) is 0 Å². The number of hydrogen-bond donors (Lipinski definition) is 0. The predicted molar refractivity (Wildman–Crippen MR) is 83.5 cm³/mol. The van der Waals surface area contributed by atoms with E-state index in [2.05, 4.69) is 60.0 Å². The molecule has 0 rings (SSSR count). The van der Waals surface area contributed by atoms with Crippen molar-refractivity contribution in [3.63, 3.8) is 0 Å². The molecule has 0 N–H and O–H groups in total. The first-order chi connectivity index (χ1) is 6.88. The fraction of sp³-hybridized carbons (Fsp3) is 0.800. The summed E-state index contributed by atoms with van der Waals surface area (Å²) >= 11 is -0.556. The standard InChI is InChI=1S/2C4H9.2CH5P.2ClH.6Ti/c2*1-4(2)3;2*1-2;;;;;;;;/h2*1-3H3;2*2H2,1H3;2*1H;;;;;;/q2*-1;;;;;;;;;2*+2/p-2. The molecule has 0 heterocycles. The van der Waals surface area contributed by atoms with Crippen molar-refractivity contribution in [1.82, 2.24) is 0 Å². The Morgan fingerprint density at radius 1 is 0.600 bits per heavy atom. The van der Waals surface area contributed by atoms with Crippen LogP contribution in [0, 0.1) is 11.8 Å². The number of rotatable bonds is 0. The molecule has 0 saturated heterocycles. The predicted octanol–water partition coefficient (Wildman–Crippen LogP) is 5.59. The topological polar surface area (TPSA) is 0 Å². The summed E-state index contributed by atoms with van der Waals surface area (Å²) < 4.78 is 0. The van der Waals surface area contributed by atoms with E-state index in [1.807, 2.05) is 13.3 Å². The fourth-order valence-corrected chi connectivity index (χ4v) is 0. The molecule has 0 fully saturated rings. The van der Waals surface area contributed by atoms with Crippen LogP contribution in [-0.2, 0) is 126 Å². The first-order valence-corrected chi connectivity index (χ1v) is 11.1. The average molecular weight is 568 g/mol. The third-order valence-electron chi connectivity index (χ3n) is 0. The molecular weight excluding hydrogens is 540 g/mol. The van der Waals surface area contributed by atoms with Gasteiger partial charge in [-0.05, 0) is 0 Å². The van der Waals surface area contributed by atoms with E-state index in [1.54, 1.807) is 0 Å². The molecule has 0 radical (unpaired) electrons. The zero-order chi connectivity index (χ0) is 13.9. The molecular formula is C10H28Cl2P2Ti6. The maximum Gasteiger partial charge on any atom is 2.00 e. The molecule has 0 aliphatic rings. The number of halogens is 2. The Morgan fingerprint density at radius 3 is 0.600 bits per heavy atom. The van der Waals surface area contributed by atoms with Crippen molar-refractivity contribution >= 4 is 37.1 Å². The second-order valence-electron chi connectivity index (χ2n) is 3.07. The van der Waals surface area contributed by atoms with Crippen LogP contribution in [0.5, 0.6) is 0 Å². The molecule has 2 unspecified atom stereocenters. The maximum atomic E-state index is 4.89.